The fraction of sp³-hybridized carbons (Fsp3) is 0.308. The van der Waals surface area contributed by atoms with Gasteiger partial charge in [0, 0.05) is 23.2 Å². The minimum Gasteiger partial charge on any atom is -0.479 e. The molecule has 4 nitrogen and oxygen atoms in total. The van der Waals surface area contributed by atoms with Crippen molar-refractivity contribution in [3.05, 3.63) is 34.5 Å². The van der Waals surface area contributed by atoms with Crippen LogP contribution in [0.1, 0.15) is 24.3 Å². The molecule has 0 fully saturated rings. The van der Waals surface area contributed by atoms with Crippen LogP contribution in [0.25, 0.3) is 10.9 Å². The average molecular weight is 268 g/mol. The lowest BCUT2D eigenvalue weighted by molar-refractivity contribution is -0.146. The van der Waals surface area contributed by atoms with E-state index in [0.29, 0.717) is 22.5 Å². The molecule has 1 heterocycles. The number of benzene rings is 1. The number of aliphatic hydroxyl groups excluding tert-OH is 1. The number of halogens is 1. The van der Waals surface area contributed by atoms with E-state index in [2.05, 4.69) is 0 Å². The third-order valence-electron chi connectivity index (χ3n) is 3.17. The Morgan fingerprint density at radius 2 is 2.17 bits per heavy atom. The maximum Gasteiger partial charge on any atom is 0.337 e. The van der Waals surface area contributed by atoms with Crippen LogP contribution in [-0.2, 0) is 11.3 Å². The lowest BCUT2D eigenvalue weighted by Crippen LogP contribution is -2.12. The van der Waals surface area contributed by atoms with Crippen molar-refractivity contribution >= 4 is 28.5 Å². The van der Waals surface area contributed by atoms with Crippen LogP contribution in [-0.4, -0.2) is 20.7 Å². The third-order valence-corrected chi connectivity index (χ3v) is 3.48. The van der Waals surface area contributed by atoms with Crippen LogP contribution >= 0.6 is 11.6 Å². The number of aryl methyl sites for hydroxylation is 1. The highest BCUT2D eigenvalue weighted by atomic mass is 35.5. The summed E-state index contributed by atoms with van der Waals surface area (Å²) in [4.78, 5) is 11.0. The van der Waals surface area contributed by atoms with Crippen molar-refractivity contribution in [3.63, 3.8) is 0 Å². The van der Waals surface area contributed by atoms with Crippen molar-refractivity contribution in [2.24, 2.45) is 0 Å². The predicted molar refractivity (Wildman–Crippen MR) is 70.0 cm³/mol. The summed E-state index contributed by atoms with van der Waals surface area (Å²) in [5.41, 5.74) is 1.96. The van der Waals surface area contributed by atoms with Crippen LogP contribution in [0.5, 0.6) is 0 Å². The molecule has 18 heavy (non-hydrogen) atoms. The predicted octanol–water partition coefficient (Wildman–Crippen LogP) is 2.74. The highest BCUT2D eigenvalue weighted by Gasteiger charge is 2.25. The Balaban J connectivity index is 2.87. The Morgan fingerprint density at radius 1 is 1.50 bits per heavy atom. The molecule has 0 aliphatic heterocycles. The number of fused-ring (bicyclic) bond motifs is 1. The number of rotatable bonds is 3. The lowest BCUT2D eigenvalue weighted by Gasteiger charge is -2.07. The summed E-state index contributed by atoms with van der Waals surface area (Å²) >= 11 is 6.14. The Labute approximate surface area is 109 Å². The number of hydrogen-bond acceptors (Lipinski definition) is 2. The first-order valence-corrected chi connectivity index (χ1v) is 6.04. The first-order valence-electron chi connectivity index (χ1n) is 5.67. The van der Waals surface area contributed by atoms with Crippen molar-refractivity contribution in [1.29, 1.82) is 0 Å². The third kappa shape index (κ3) is 1.78. The minimum absolute atomic E-state index is 0.380. The van der Waals surface area contributed by atoms with Gasteiger partial charge in [-0.25, -0.2) is 4.79 Å². The van der Waals surface area contributed by atoms with Crippen molar-refractivity contribution in [2.45, 2.75) is 26.5 Å². The van der Waals surface area contributed by atoms with Gasteiger partial charge < -0.3 is 14.8 Å². The number of nitrogens with zero attached hydrogens (tertiary/aromatic N) is 1. The fourth-order valence-corrected chi connectivity index (χ4v) is 2.65. The summed E-state index contributed by atoms with van der Waals surface area (Å²) in [5.74, 6) is -1.27. The van der Waals surface area contributed by atoms with Crippen molar-refractivity contribution in [2.75, 3.05) is 0 Å². The topological polar surface area (TPSA) is 62.5 Å². The minimum atomic E-state index is -1.56. The molecule has 0 saturated heterocycles. The molecule has 1 aromatic carbocycles. The molecule has 96 valence electrons. The fourth-order valence-electron chi connectivity index (χ4n) is 2.38. The Morgan fingerprint density at radius 3 is 2.72 bits per heavy atom. The molecule has 2 aromatic rings. The summed E-state index contributed by atoms with van der Waals surface area (Å²) in [6.07, 6.45) is -1.56. The van der Waals surface area contributed by atoms with E-state index in [-0.39, 0.29) is 0 Å². The number of carboxylic acid groups (broad SMARTS) is 1. The second kappa shape index (κ2) is 4.63. The van der Waals surface area contributed by atoms with Crippen molar-refractivity contribution in [1.82, 2.24) is 4.57 Å². The molecule has 0 saturated carbocycles. The van der Waals surface area contributed by atoms with Crippen molar-refractivity contribution < 1.29 is 15.0 Å². The highest BCUT2D eigenvalue weighted by Crippen LogP contribution is 2.35. The molecule has 0 spiro atoms. The van der Waals surface area contributed by atoms with E-state index in [4.69, 9.17) is 16.7 Å². The summed E-state index contributed by atoms with van der Waals surface area (Å²) in [5, 5.41) is 19.9. The zero-order valence-electron chi connectivity index (χ0n) is 10.1. The van der Waals surface area contributed by atoms with Crippen LogP contribution in [0, 0.1) is 6.92 Å². The molecular weight excluding hydrogens is 254 g/mol. The molecular formula is C13H14ClNO3. The molecule has 1 atom stereocenters. The van der Waals surface area contributed by atoms with Crippen LogP contribution in [0.2, 0.25) is 5.02 Å². The van der Waals surface area contributed by atoms with Gasteiger partial charge in [0.05, 0.1) is 10.5 Å². The second-order valence-electron chi connectivity index (χ2n) is 4.12. The number of aliphatic hydroxyl groups is 1. The monoisotopic (exact) mass is 267 g/mol. The van der Waals surface area contributed by atoms with Gasteiger partial charge in [-0.3, -0.25) is 0 Å². The molecule has 0 aliphatic rings. The van der Waals surface area contributed by atoms with E-state index >= 15 is 0 Å². The molecule has 0 amide bonds. The molecule has 0 bridgehead atoms. The highest BCUT2D eigenvalue weighted by molar-refractivity contribution is 6.35. The maximum atomic E-state index is 11.0. The zero-order chi connectivity index (χ0) is 13.4. The Hall–Kier alpha value is -1.52. The Bertz CT molecular complexity index is 618. The molecule has 1 unspecified atom stereocenters. The number of aromatic nitrogens is 1. The SMILES string of the molecule is CCn1c(C)c(C(O)C(=O)O)c2c(Cl)cccc21. The van der Waals surface area contributed by atoms with Crippen molar-refractivity contribution in [3.8, 4) is 0 Å². The van der Waals surface area contributed by atoms with Gasteiger partial charge in [0.15, 0.2) is 6.10 Å². The second-order valence-corrected chi connectivity index (χ2v) is 4.53. The molecule has 2 N–H and O–H groups in total. The number of hydrogen-bond donors (Lipinski definition) is 2. The van der Waals surface area contributed by atoms with Gasteiger partial charge in [0.1, 0.15) is 0 Å². The largest absolute Gasteiger partial charge is 0.479 e. The summed E-state index contributed by atoms with van der Waals surface area (Å²) in [6.45, 7) is 4.45. The summed E-state index contributed by atoms with van der Waals surface area (Å²) < 4.78 is 1.95. The number of carboxylic acids is 1. The van der Waals surface area contributed by atoms with E-state index < -0.39 is 12.1 Å². The van der Waals surface area contributed by atoms with E-state index in [1.165, 1.54) is 0 Å². The quantitative estimate of drug-likeness (QED) is 0.899. The van der Waals surface area contributed by atoms with Crippen LogP contribution < -0.4 is 0 Å². The van der Waals surface area contributed by atoms with Gasteiger partial charge in [-0.15, -0.1) is 0 Å². The van der Waals surface area contributed by atoms with E-state index in [1.54, 1.807) is 13.0 Å². The van der Waals surface area contributed by atoms with Gasteiger partial charge in [0.2, 0.25) is 0 Å². The van der Waals surface area contributed by atoms with Crippen LogP contribution in [0.4, 0.5) is 0 Å². The standard InChI is InChI=1S/C13H14ClNO3/c1-3-15-7(2)10(12(16)13(17)18)11-8(14)5-4-6-9(11)15/h4-6,12,16H,3H2,1-2H3,(H,17,18). The average Bonchev–Trinajstić information content (AvgIpc) is 2.61. The molecule has 2 rings (SSSR count). The lowest BCUT2D eigenvalue weighted by atomic mass is 10.1. The smallest absolute Gasteiger partial charge is 0.337 e. The molecule has 0 aliphatic carbocycles. The van der Waals surface area contributed by atoms with Gasteiger partial charge >= 0.3 is 5.97 Å². The molecule has 0 radical (unpaired) electrons. The van der Waals surface area contributed by atoms with Crippen LogP contribution in [0.15, 0.2) is 18.2 Å². The first-order chi connectivity index (χ1) is 8.49. The zero-order valence-corrected chi connectivity index (χ0v) is 10.9. The maximum absolute atomic E-state index is 11.0. The van der Waals surface area contributed by atoms with Crippen LogP contribution in [0.3, 0.4) is 0 Å². The van der Waals surface area contributed by atoms with Gasteiger partial charge in [-0.2, -0.15) is 0 Å². The van der Waals surface area contributed by atoms with Gasteiger partial charge in [0.25, 0.3) is 0 Å². The number of carbonyl (C=O) groups is 1. The van der Waals surface area contributed by atoms with E-state index in [1.807, 2.05) is 23.6 Å². The van der Waals surface area contributed by atoms with Gasteiger partial charge in [-0.1, -0.05) is 17.7 Å². The molecule has 5 heteroatoms. The Kier molecular flexibility index (Phi) is 3.32. The van der Waals surface area contributed by atoms with E-state index in [9.17, 15) is 9.90 Å². The normalized spacial score (nSPS) is 12.9. The number of aliphatic carboxylic acids is 1. The molecule has 1 aromatic heterocycles. The summed E-state index contributed by atoms with van der Waals surface area (Å²) in [6, 6.07) is 5.38. The summed E-state index contributed by atoms with van der Waals surface area (Å²) in [7, 11) is 0. The van der Waals surface area contributed by atoms with E-state index in [0.717, 1.165) is 11.2 Å². The first kappa shape index (κ1) is 12.9. The van der Waals surface area contributed by atoms with Gasteiger partial charge in [-0.05, 0) is 26.0 Å².